The minimum Gasteiger partial charge on any atom is -0.497 e. The van der Waals surface area contributed by atoms with E-state index in [0.717, 1.165) is 27.6 Å². The van der Waals surface area contributed by atoms with Crippen LogP contribution in [0.2, 0.25) is 0 Å². The second-order valence-electron chi connectivity index (χ2n) is 5.10. The van der Waals surface area contributed by atoms with Crippen molar-refractivity contribution in [1.82, 2.24) is 4.98 Å². The third-order valence-corrected chi connectivity index (χ3v) is 3.82. The highest BCUT2D eigenvalue weighted by atomic mass is 16.5. The molecule has 0 aliphatic carbocycles. The van der Waals surface area contributed by atoms with Crippen LogP contribution in [-0.4, -0.2) is 12.1 Å². The van der Waals surface area contributed by atoms with Gasteiger partial charge in [0.2, 0.25) is 0 Å². The van der Waals surface area contributed by atoms with Crippen molar-refractivity contribution in [2.75, 3.05) is 7.11 Å². The second-order valence-corrected chi connectivity index (χ2v) is 5.10. The summed E-state index contributed by atoms with van der Waals surface area (Å²) >= 11 is 0. The first kappa shape index (κ1) is 12.7. The van der Waals surface area contributed by atoms with E-state index in [0.29, 0.717) is 11.1 Å². The van der Waals surface area contributed by atoms with Crippen LogP contribution in [0.25, 0.3) is 33.0 Å². The molecule has 1 N–H and O–H groups in total. The number of nitrogens with one attached hydrogen (secondary N) is 1. The highest BCUT2D eigenvalue weighted by Crippen LogP contribution is 2.30. The van der Waals surface area contributed by atoms with Crippen LogP contribution < -0.4 is 10.4 Å². The van der Waals surface area contributed by atoms with Crippen LogP contribution in [-0.2, 0) is 0 Å². The third kappa shape index (κ3) is 1.89. The zero-order valence-electron chi connectivity index (χ0n) is 11.9. The average molecular weight is 291 g/mol. The molecule has 2 aromatic carbocycles. The van der Waals surface area contributed by atoms with Gasteiger partial charge in [-0.25, -0.2) is 4.79 Å². The molecule has 4 rings (SSSR count). The topological polar surface area (TPSA) is 55.2 Å². The number of ether oxygens (including phenoxy) is 1. The predicted octanol–water partition coefficient (Wildman–Crippen LogP) is 3.95. The number of hydrogen-bond acceptors (Lipinski definition) is 3. The largest absolute Gasteiger partial charge is 0.497 e. The Labute approximate surface area is 126 Å². The number of para-hydroxylation sites is 1. The molecule has 2 heterocycles. The molecule has 0 radical (unpaired) electrons. The molecule has 108 valence electrons. The lowest BCUT2D eigenvalue weighted by molar-refractivity contribution is 0.415. The summed E-state index contributed by atoms with van der Waals surface area (Å²) in [4.78, 5) is 15.5. The molecule has 0 atom stereocenters. The fourth-order valence-electron chi connectivity index (χ4n) is 2.70. The van der Waals surface area contributed by atoms with Crippen molar-refractivity contribution < 1.29 is 9.15 Å². The van der Waals surface area contributed by atoms with E-state index in [1.165, 1.54) is 0 Å². The SMILES string of the molecule is COc1ccc2c(-c3cc4ccccc4oc3=O)c[nH]c2c1. The van der Waals surface area contributed by atoms with Crippen LogP contribution in [0.4, 0.5) is 0 Å². The van der Waals surface area contributed by atoms with Crippen molar-refractivity contribution in [3.8, 4) is 16.9 Å². The molecule has 0 fully saturated rings. The Morgan fingerprint density at radius 1 is 1.05 bits per heavy atom. The maximum atomic E-state index is 12.3. The Morgan fingerprint density at radius 3 is 2.77 bits per heavy atom. The van der Waals surface area contributed by atoms with E-state index in [1.807, 2.05) is 48.7 Å². The summed E-state index contributed by atoms with van der Waals surface area (Å²) in [6.07, 6.45) is 1.82. The summed E-state index contributed by atoms with van der Waals surface area (Å²) in [6, 6.07) is 15.1. The van der Waals surface area contributed by atoms with Crippen molar-refractivity contribution >= 4 is 21.9 Å². The molecule has 22 heavy (non-hydrogen) atoms. The quantitative estimate of drug-likeness (QED) is 0.569. The monoisotopic (exact) mass is 291 g/mol. The molecule has 4 nitrogen and oxygen atoms in total. The molecule has 0 amide bonds. The van der Waals surface area contributed by atoms with Crippen LogP contribution >= 0.6 is 0 Å². The molecule has 0 aliphatic rings. The van der Waals surface area contributed by atoms with Gasteiger partial charge in [-0.1, -0.05) is 18.2 Å². The Morgan fingerprint density at radius 2 is 1.91 bits per heavy atom. The van der Waals surface area contributed by atoms with E-state index in [9.17, 15) is 4.79 Å². The van der Waals surface area contributed by atoms with E-state index < -0.39 is 0 Å². The lowest BCUT2D eigenvalue weighted by Crippen LogP contribution is -2.02. The maximum absolute atomic E-state index is 12.3. The highest BCUT2D eigenvalue weighted by Gasteiger charge is 2.12. The van der Waals surface area contributed by atoms with Gasteiger partial charge >= 0.3 is 5.63 Å². The van der Waals surface area contributed by atoms with Gasteiger partial charge in [0.05, 0.1) is 12.7 Å². The number of H-pyrrole nitrogens is 1. The first-order valence-electron chi connectivity index (χ1n) is 6.94. The first-order chi connectivity index (χ1) is 10.8. The second kappa shape index (κ2) is 4.77. The van der Waals surface area contributed by atoms with Gasteiger partial charge in [0.15, 0.2) is 0 Å². The van der Waals surface area contributed by atoms with Gasteiger partial charge < -0.3 is 14.1 Å². The third-order valence-electron chi connectivity index (χ3n) is 3.82. The summed E-state index contributed by atoms with van der Waals surface area (Å²) < 4.78 is 10.6. The van der Waals surface area contributed by atoms with Gasteiger partial charge in [0.25, 0.3) is 0 Å². The van der Waals surface area contributed by atoms with E-state index in [4.69, 9.17) is 9.15 Å². The maximum Gasteiger partial charge on any atom is 0.344 e. The molecular weight excluding hydrogens is 278 g/mol. The van der Waals surface area contributed by atoms with Crippen molar-refractivity contribution in [3.63, 3.8) is 0 Å². The molecule has 0 unspecified atom stereocenters. The van der Waals surface area contributed by atoms with E-state index in [2.05, 4.69) is 4.98 Å². The van der Waals surface area contributed by atoms with Gasteiger partial charge in [-0.15, -0.1) is 0 Å². The molecule has 4 aromatic rings. The molecule has 4 heteroatoms. The number of benzene rings is 2. The molecular formula is C18H13NO3. The van der Waals surface area contributed by atoms with E-state index >= 15 is 0 Å². The molecule has 0 bridgehead atoms. The number of fused-ring (bicyclic) bond motifs is 2. The van der Waals surface area contributed by atoms with Crippen LogP contribution in [0.15, 0.2) is 63.9 Å². The molecule has 2 aromatic heterocycles. The van der Waals surface area contributed by atoms with E-state index in [1.54, 1.807) is 13.2 Å². The summed E-state index contributed by atoms with van der Waals surface area (Å²) in [5.41, 5.74) is 2.56. The summed E-state index contributed by atoms with van der Waals surface area (Å²) in [6.45, 7) is 0. The zero-order valence-corrected chi connectivity index (χ0v) is 11.9. The van der Waals surface area contributed by atoms with Crippen LogP contribution in [0.5, 0.6) is 5.75 Å². The van der Waals surface area contributed by atoms with Crippen LogP contribution in [0.3, 0.4) is 0 Å². The van der Waals surface area contributed by atoms with Crippen LogP contribution in [0, 0.1) is 0 Å². The molecule has 0 aliphatic heterocycles. The lowest BCUT2D eigenvalue weighted by Gasteiger charge is -2.02. The zero-order chi connectivity index (χ0) is 15.1. The minimum atomic E-state index is -0.338. The minimum absolute atomic E-state index is 0.338. The molecule has 0 saturated heterocycles. The predicted molar refractivity (Wildman–Crippen MR) is 86.3 cm³/mol. The van der Waals surface area contributed by atoms with Crippen LogP contribution in [0.1, 0.15) is 0 Å². The van der Waals surface area contributed by atoms with Gasteiger partial charge in [-0.05, 0) is 24.3 Å². The summed E-state index contributed by atoms with van der Waals surface area (Å²) in [7, 11) is 1.63. The fourth-order valence-corrected chi connectivity index (χ4v) is 2.70. The number of aromatic amines is 1. The summed E-state index contributed by atoms with van der Waals surface area (Å²) in [5.74, 6) is 0.770. The Bertz CT molecular complexity index is 1040. The van der Waals surface area contributed by atoms with Crippen molar-refractivity contribution in [3.05, 3.63) is 65.1 Å². The highest BCUT2D eigenvalue weighted by molar-refractivity contribution is 5.97. The normalized spacial score (nSPS) is 11.1. The smallest absolute Gasteiger partial charge is 0.344 e. The molecule has 0 saturated carbocycles. The number of methoxy groups -OCH3 is 1. The van der Waals surface area contributed by atoms with Gasteiger partial charge in [-0.2, -0.15) is 0 Å². The van der Waals surface area contributed by atoms with Crippen molar-refractivity contribution in [1.29, 1.82) is 0 Å². The Hall–Kier alpha value is -3.01. The van der Waals surface area contributed by atoms with Gasteiger partial charge in [0, 0.05) is 34.1 Å². The van der Waals surface area contributed by atoms with E-state index in [-0.39, 0.29) is 5.63 Å². The van der Waals surface area contributed by atoms with Crippen molar-refractivity contribution in [2.45, 2.75) is 0 Å². The number of aromatic nitrogens is 1. The lowest BCUT2D eigenvalue weighted by atomic mass is 10.0. The Kier molecular flexibility index (Phi) is 2.76. The Balaban J connectivity index is 1.98. The van der Waals surface area contributed by atoms with Gasteiger partial charge in [-0.3, -0.25) is 0 Å². The van der Waals surface area contributed by atoms with Gasteiger partial charge in [0.1, 0.15) is 11.3 Å². The standard InChI is InChI=1S/C18H13NO3/c1-21-12-6-7-13-15(10-19-16(13)9-12)14-8-11-4-2-3-5-17(11)22-18(14)20/h2-10,19H,1H3. The first-order valence-corrected chi connectivity index (χ1v) is 6.94. The number of rotatable bonds is 2. The number of hydrogen-bond donors (Lipinski definition) is 1. The molecule has 0 spiro atoms. The summed E-state index contributed by atoms with van der Waals surface area (Å²) in [5, 5.41) is 1.86. The fraction of sp³-hybridized carbons (Fsp3) is 0.0556. The van der Waals surface area contributed by atoms with Crippen molar-refractivity contribution in [2.24, 2.45) is 0 Å². The average Bonchev–Trinajstić information content (AvgIpc) is 2.97.